The van der Waals surface area contributed by atoms with Crippen LogP contribution < -0.4 is 0 Å². The Morgan fingerprint density at radius 1 is 1.07 bits per heavy atom. The number of thiophene rings is 3. The maximum atomic E-state index is 8.79. The Labute approximate surface area is 97.6 Å². The van der Waals surface area contributed by atoms with E-state index >= 15 is 0 Å². The van der Waals surface area contributed by atoms with Crippen molar-refractivity contribution in [2.45, 2.75) is 4.21 Å². The van der Waals surface area contributed by atoms with Gasteiger partial charge in [-0.2, -0.15) is 5.26 Å². The molecule has 3 rings (SSSR count). The molecule has 0 N–H and O–H groups in total. The molecular formula is C9H3NS4. The van der Waals surface area contributed by atoms with Crippen LogP contribution in [0.3, 0.4) is 0 Å². The highest BCUT2D eigenvalue weighted by molar-refractivity contribution is 7.83. The van der Waals surface area contributed by atoms with E-state index in [0.717, 1.165) is 9.09 Å². The minimum absolute atomic E-state index is 0.794. The quantitative estimate of drug-likeness (QED) is 0.592. The van der Waals surface area contributed by atoms with Gasteiger partial charge in [-0.1, -0.05) is 0 Å². The molecule has 0 saturated heterocycles. The van der Waals surface area contributed by atoms with Gasteiger partial charge in [0.15, 0.2) is 0 Å². The van der Waals surface area contributed by atoms with Gasteiger partial charge in [0.05, 0.1) is 13.6 Å². The largest absolute Gasteiger partial charge is 0.192 e. The van der Waals surface area contributed by atoms with Crippen molar-refractivity contribution in [3.05, 3.63) is 17.0 Å². The number of nitrogens with zero attached hydrogens (tertiary/aromatic N) is 1. The van der Waals surface area contributed by atoms with Gasteiger partial charge in [0.25, 0.3) is 0 Å². The number of fused-ring (bicyclic) bond motifs is 3. The third-order valence-electron chi connectivity index (χ3n) is 1.92. The Morgan fingerprint density at radius 2 is 1.79 bits per heavy atom. The van der Waals surface area contributed by atoms with E-state index in [4.69, 9.17) is 5.26 Å². The van der Waals surface area contributed by atoms with Gasteiger partial charge in [-0.3, -0.25) is 0 Å². The first-order valence-corrected chi connectivity index (χ1v) is 6.72. The monoisotopic (exact) mass is 253 g/mol. The molecule has 0 fully saturated rings. The molecule has 0 aliphatic rings. The molecule has 0 saturated carbocycles. The van der Waals surface area contributed by atoms with Crippen LogP contribution in [0.5, 0.6) is 0 Å². The smallest absolute Gasteiger partial charge is 0.110 e. The molecule has 0 aliphatic carbocycles. The van der Waals surface area contributed by atoms with Crippen molar-refractivity contribution in [2.24, 2.45) is 0 Å². The first-order valence-electron chi connectivity index (χ1n) is 3.83. The molecule has 1 nitrogen and oxygen atoms in total. The Hall–Kier alpha value is -0.540. The third kappa shape index (κ3) is 1.12. The average Bonchev–Trinajstić information content (AvgIpc) is 2.74. The highest BCUT2D eigenvalue weighted by Crippen LogP contribution is 2.44. The third-order valence-corrected chi connectivity index (χ3v) is 5.81. The van der Waals surface area contributed by atoms with Crippen molar-refractivity contribution in [2.75, 3.05) is 0 Å². The zero-order chi connectivity index (χ0) is 9.71. The van der Waals surface area contributed by atoms with Gasteiger partial charge in [0.2, 0.25) is 0 Å². The van der Waals surface area contributed by atoms with Crippen LogP contribution in [0.4, 0.5) is 0 Å². The minimum Gasteiger partial charge on any atom is -0.192 e. The molecule has 0 radical (unpaired) electrons. The van der Waals surface area contributed by atoms with E-state index in [1.807, 2.05) is 6.07 Å². The summed E-state index contributed by atoms with van der Waals surface area (Å²) in [6, 6.07) is 6.24. The van der Waals surface area contributed by atoms with E-state index in [-0.39, 0.29) is 0 Å². The number of thiol groups is 1. The summed E-state index contributed by atoms with van der Waals surface area (Å²) in [4.78, 5) is 0.794. The summed E-state index contributed by atoms with van der Waals surface area (Å²) in [5.41, 5.74) is 0. The van der Waals surface area contributed by atoms with Crippen molar-refractivity contribution in [1.29, 1.82) is 5.26 Å². The van der Waals surface area contributed by atoms with Crippen LogP contribution in [-0.4, -0.2) is 0 Å². The molecule has 5 heteroatoms. The van der Waals surface area contributed by atoms with Crippen molar-refractivity contribution < 1.29 is 0 Å². The van der Waals surface area contributed by atoms with Gasteiger partial charge in [0, 0.05) is 9.40 Å². The van der Waals surface area contributed by atoms with E-state index in [2.05, 4.69) is 24.8 Å². The summed E-state index contributed by atoms with van der Waals surface area (Å²) in [6.45, 7) is 0. The van der Waals surface area contributed by atoms with Crippen LogP contribution in [0.2, 0.25) is 0 Å². The molecule has 3 aromatic rings. The molecular weight excluding hydrogens is 250 g/mol. The van der Waals surface area contributed by atoms with E-state index in [1.165, 1.54) is 18.8 Å². The molecule has 0 spiro atoms. The summed E-state index contributed by atoms with van der Waals surface area (Å²) in [6.07, 6.45) is 0. The lowest BCUT2D eigenvalue weighted by Crippen LogP contribution is -1.52. The van der Waals surface area contributed by atoms with Crippen LogP contribution in [-0.2, 0) is 0 Å². The standard InChI is InChI=1S/C9H3NS4/c10-3-4-1-5-8(12-4)9-6(13-5)2-7(11)14-9/h1-2,11H. The molecule has 14 heavy (non-hydrogen) atoms. The topological polar surface area (TPSA) is 23.8 Å². The fraction of sp³-hybridized carbons (Fsp3) is 0. The first kappa shape index (κ1) is 8.74. The zero-order valence-electron chi connectivity index (χ0n) is 6.77. The van der Waals surface area contributed by atoms with Crippen molar-refractivity contribution in [3.8, 4) is 6.07 Å². The van der Waals surface area contributed by atoms with Crippen molar-refractivity contribution >= 4 is 65.4 Å². The summed E-state index contributed by atoms with van der Waals surface area (Å²) < 4.78 is 6.07. The fourth-order valence-corrected chi connectivity index (χ4v) is 5.43. The number of hydrogen-bond acceptors (Lipinski definition) is 5. The SMILES string of the molecule is N#Cc1cc2sc3cc(S)sc3c2s1. The summed E-state index contributed by atoms with van der Waals surface area (Å²) in [7, 11) is 0. The zero-order valence-corrected chi connectivity index (χ0v) is 10.1. The second-order valence-electron chi connectivity index (χ2n) is 2.80. The molecule has 0 aliphatic heterocycles. The Bertz CT molecular complexity index is 664. The minimum atomic E-state index is 0.794. The summed E-state index contributed by atoms with van der Waals surface area (Å²) >= 11 is 9.33. The fourth-order valence-electron chi connectivity index (χ4n) is 1.38. The van der Waals surface area contributed by atoms with Crippen LogP contribution in [0.25, 0.3) is 18.8 Å². The van der Waals surface area contributed by atoms with E-state index < -0.39 is 0 Å². The Balaban J connectivity index is 2.49. The van der Waals surface area contributed by atoms with E-state index in [0.29, 0.717) is 0 Å². The molecule has 68 valence electrons. The van der Waals surface area contributed by atoms with Gasteiger partial charge in [0.1, 0.15) is 10.9 Å². The van der Waals surface area contributed by atoms with Crippen molar-refractivity contribution in [3.63, 3.8) is 0 Å². The molecule has 0 aromatic carbocycles. The van der Waals surface area contributed by atoms with Gasteiger partial charge < -0.3 is 0 Å². The van der Waals surface area contributed by atoms with Gasteiger partial charge in [-0.05, 0) is 12.1 Å². The molecule has 3 aromatic heterocycles. The number of nitriles is 1. The van der Waals surface area contributed by atoms with E-state index in [9.17, 15) is 0 Å². The summed E-state index contributed by atoms with van der Waals surface area (Å²) in [5.74, 6) is 0. The number of hydrogen-bond donors (Lipinski definition) is 1. The number of rotatable bonds is 0. The van der Waals surface area contributed by atoms with Gasteiger partial charge >= 0.3 is 0 Å². The Kier molecular flexibility index (Phi) is 1.86. The lowest BCUT2D eigenvalue weighted by molar-refractivity contribution is 1.53. The first-order chi connectivity index (χ1) is 6.78. The highest BCUT2D eigenvalue weighted by Gasteiger charge is 2.11. The van der Waals surface area contributed by atoms with Crippen LogP contribution >= 0.6 is 46.6 Å². The lowest BCUT2D eigenvalue weighted by atomic mass is 10.4. The maximum absolute atomic E-state index is 8.79. The summed E-state index contributed by atoms with van der Waals surface area (Å²) in [5, 5.41) is 8.79. The van der Waals surface area contributed by atoms with Crippen LogP contribution in [0.1, 0.15) is 4.88 Å². The van der Waals surface area contributed by atoms with Gasteiger partial charge in [-0.25, -0.2) is 0 Å². The highest BCUT2D eigenvalue weighted by atomic mass is 32.2. The molecule has 0 bridgehead atoms. The normalized spacial score (nSPS) is 11.1. The Morgan fingerprint density at radius 3 is 2.57 bits per heavy atom. The molecule has 0 atom stereocenters. The molecule has 0 amide bonds. The van der Waals surface area contributed by atoms with Crippen molar-refractivity contribution in [1.82, 2.24) is 0 Å². The lowest BCUT2D eigenvalue weighted by Gasteiger charge is -1.75. The molecule has 0 unspecified atom stereocenters. The van der Waals surface area contributed by atoms with Crippen LogP contribution in [0.15, 0.2) is 16.3 Å². The predicted molar refractivity (Wildman–Crippen MR) is 67.1 cm³/mol. The predicted octanol–water partition coefficient (Wildman–Crippen LogP) is 4.34. The van der Waals surface area contributed by atoms with E-state index in [1.54, 1.807) is 34.0 Å². The van der Waals surface area contributed by atoms with Gasteiger partial charge in [-0.15, -0.1) is 46.6 Å². The van der Waals surface area contributed by atoms with Crippen LogP contribution in [0, 0.1) is 11.3 Å². The second-order valence-corrected chi connectivity index (χ2v) is 6.77. The second kappa shape index (κ2) is 2.97. The average molecular weight is 253 g/mol. The molecule has 3 heterocycles. The maximum Gasteiger partial charge on any atom is 0.110 e.